The summed E-state index contributed by atoms with van der Waals surface area (Å²) in [5.74, 6) is -0.594. The number of para-hydroxylation sites is 2. The van der Waals surface area contributed by atoms with Crippen molar-refractivity contribution in [3.63, 3.8) is 0 Å². The van der Waals surface area contributed by atoms with Crippen LogP contribution >= 0.6 is 0 Å². The highest BCUT2D eigenvalue weighted by Gasteiger charge is 2.41. The Kier molecular flexibility index (Phi) is 10.4. The number of unbranched alkanes of at least 4 members (excludes halogenated alkanes) is 2. The molecule has 2 aliphatic heterocycles. The molecule has 4 aromatic carbocycles. The highest BCUT2D eigenvalue weighted by Crippen LogP contribution is 2.46. The summed E-state index contributed by atoms with van der Waals surface area (Å²) < 4.78 is 60.8. The van der Waals surface area contributed by atoms with Crippen molar-refractivity contribution < 1.29 is 34.8 Å². The van der Waals surface area contributed by atoms with Crippen LogP contribution in [0, 0.1) is 13.8 Å². The van der Waals surface area contributed by atoms with Crippen molar-refractivity contribution >= 4 is 54.6 Å². The number of fused-ring (bicyclic) bond motifs is 2. The van der Waals surface area contributed by atoms with E-state index in [0.29, 0.717) is 72.4 Å². The maximum absolute atomic E-state index is 14.1. The Morgan fingerprint density at radius 2 is 0.860 bits per heavy atom. The number of nitrogens with zero attached hydrogens (tertiary/aromatic N) is 2. The van der Waals surface area contributed by atoms with Crippen LogP contribution in [0.25, 0.3) is 11.1 Å². The van der Waals surface area contributed by atoms with E-state index in [1.807, 2.05) is 62.4 Å². The van der Waals surface area contributed by atoms with Gasteiger partial charge < -0.3 is 9.80 Å². The molecule has 2 aliphatic rings. The first kappa shape index (κ1) is 35.2. The van der Waals surface area contributed by atoms with Gasteiger partial charge in [0.1, 0.15) is 0 Å². The molecule has 2 amide bonds. The van der Waals surface area contributed by atoms with Crippen molar-refractivity contribution in [3.05, 3.63) is 119 Å². The minimum Gasteiger partial charge on any atom is -0.308 e. The van der Waals surface area contributed by atoms with Crippen molar-refractivity contribution in [1.82, 2.24) is 0 Å². The van der Waals surface area contributed by atoms with E-state index in [9.17, 15) is 26.4 Å². The Labute approximate surface area is 293 Å². The molecule has 0 aliphatic carbocycles. The lowest BCUT2D eigenvalue weighted by Gasteiger charge is -2.17. The predicted molar refractivity (Wildman–Crippen MR) is 192 cm³/mol. The van der Waals surface area contributed by atoms with Crippen LogP contribution in [0.2, 0.25) is 0 Å². The largest absolute Gasteiger partial charge is 0.308 e. The Balaban J connectivity index is 1.12. The molecule has 6 rings (SSSR count). The lowest BCUT2D eigenvalue weighted by molar-refractivity contribution is -0.114. The van der Waals surface area contributed by atoms with Crippen LogP contribution in [-0.4, -0.2) is 55.0 Å². The second kappa shape index (κ2) is 14.7. The molecule has 0 N–H and O–H groups in total. The van der Waals surface area contributed by atoms with Gasteiger partial charge in [-0.2, -0.15) is 16.8 Å². The molecular formula is C38H38N2O8S2. The first-order valence-corrected chi connectivity index (χ1v) is 19.3. The third-order valence-corrected chi connectivity index (χ3v) is 11.4. The zero-order chi connectivity index (χ0) is 35.5. The van der Waals surface area contributed by atoms with E-state index in [0.717, 1.165) is 11.1 Å². The quantitative estimate of drug-likeness (QED) is 0.0849. The zero-order valence-electron chi connectivity index (χ0n) is 27.9. The number of carbonyl (C=O) groups excluding carboxylic acids is 2. The second-order valence-corrected chi connectivity index (χ2v) is 15.5. The third kappa shape index (κ3) is 7.29. The zero-order valence-corrected chi connectivity index (χ0v) is 29.5. The molecule has 0 bridgehead atoms. The molecule has 10 nitrogen and oxygen atoms in total. The minimum atomic E-state index is -3.89. The molecule has 0 spiro atoms. The number of hydrogen-bond donors (Lipinski definition) is 0. The first-order chi connectivity index (χ1) is 24.0. The van der Waals surface area contributed by atoms with E-state index in [1.165, 1.54) is 24.3 Å². The molecule has 2 heterocycles. The summed E-state index contributed by atoms with van der Waals surface area (Å²) in [7, 11) is -7.78. The number of hydrogen-bond acceptors (Lipinski definition) is 8. The SMILES string of the molecule is Cc1ccc(S(=O)(=O)OCCCCN2C(=O)/C(=C3/C(=O)N(CCCCOS(=O)(=O)c4ccc(C)cc4)c4ccccc43)c3ccccc32)cc1. The Hall–Kier alpha value is -4.62. The third-order valence-electron chi connectivity index (χ3n) is 8.74. The molecular weight excluding hydrogens is 677 g/mol. The van der Waals surface area contributed by atoms with Gasteiger partial charge in [0.25, 0.3) is 32.1 Å². The van der Waals surface area contributed by atoms with Gasteiger partial charge in [-0.25, -0.2) is 0 Å². The molecule has 0 aromatic heterocycles. The fraction of sp³-hybridized carbons (Fsp3) is 0.263. The summed E-state index contributed by atoms with van der Waals surface area (Å²) in [5.41, 5.74) is 5.22. The molecule has 4 aromatic rings. The van der Waals surface area contributed by atoms with E-state index in [2.05, 4.69) is 0 Å². The van der Waals surface area contributed by atoms with Crippen LogP contribution in [0.15, 0.2) is 107 Å². The van der Waals surface area contributed by atoms with Gasteiger partial charge in [0.15, 0.2) is 0 Å². The standard InChI is InChI=1S/C38H38N2O8S2/c1-27-15-19-29(20-16-27)49(43,44)47-25-9-7-23-39-33-13-5-3-11-31(33)35(37(39)41)36-32-12-4-6-14-34(32)40(38(36)42)24-8-10-26-48-50(45,46)30-21-17-28(2)18-22-30/h3-6,11-22H,7-10,23-26H2,1-2H3/b36-35+. The van der Waals surface area contributed by atoms with Crippen LogP contribution in [0.3, 0.4) is 0 Å². The first-order valence-electron chi connectivity index (χ1n) is 16.5. The topological polar surface area (TPSA) is 127 Å². The van der Waals surface area contributed by atoms with E-state index in [-0.39, 0.29) is 34.8 Å². The minimum absolute atomic E-state index is 0.0302. The van der Waals surface area contributed by atoms with Gasteiger partial charge in [0.2, 0.25) is 0 Å². The molecule has 0 fully saturated rings. The van der Waals surface area contributed by atoms with Gasteiger partial charge in [-0.1, -0.05) is 71.8 Å². The van der Waals surface area contributed by atoms with Gasteiger partial charge in [-0.15, -0.1) is 0 Å². The number of aryl methyl sites for hydroxylation is 2. The van der Waals surface area contributed by atoms with Gasteiger partial charge >= 0.3 is 0 Å². The van der Waals surface area contributed by atoms with Crippen molar-refractivity contribution in [3.8, 4) is 0 Å². The van der Waals surface area contributed by atoms with Crippen molar-refractivity contribution in [2.45, 2.75) is 49.3 Å². The number of anilines is 2. The average molecular weight is 715 g/mol. The molecule has 12 heteroatoms. The Bertz CT molecular complexity index is 2010. The summed E-state index contributed by atoms with van der Waals surface area (Å²) in [4.78, 5) is 31.6. The van der Waals surface area contributed by atoms with E-state index in [4.69, 9.17) is 8.37 Å². The summed E-state index contributed by atoms with van der Waals surface area (Å²) in [6, 6.07) is 27.6. The summed E-state index contributed by atoms with van der Waals surface area (Å²) in [6.45, 7) is 4.31. The molecule has 0 radical (unpaired) electrons. The summed E-state index contributed by atoms with van der Waals surface area (Å²) in [6.07, 6.45) is 1.75. The molecule has 0 unspecified atom stereocenters. The van der Waals surface area contributed by atoms with Crippen LogP contribution in [0.5, 0.6) is 0 Å². The lowest BCUT2D eigenvalue weighted by atomic mass is 9.96. The highest BCUT2D eigenvalue weighted by atomic mass is 32.2. The van der Waals surface area contributed by atoms with Gasteiger partial charge in [0, 0.05) is 24.2 Å². The predicted octanol–water partition coefficient (Wildman–Crippen LogP) is 6.28. The van der Waals surface area contributed by atoms with E-state index < -0.39 is 20.2 Å². The number of benzene rings is 4. The van der Waals surface area contributed by atoms with E-state index >= 15 is 0 Å². The maximum Gasteiger partial charge on any atom is 0.296 e. The van der Waals surface area contributed by atoms with Crippen LogP contribution in [0.1, 0.15) is 47.9 Å². The number of carbonyl (C=O) groups is 2. The molecule has 50 heavy (non-hydrogen) atoms. The average Bonchev–Trinajstić information content (AvgIpc) is 3.53. The number of amides is 2. The van der Waals surface area contributed by atoms with Gasteiger partial charge in [0.05, 0.1) is 45.5 Å². The second-order valence-electron chi connectivity index (χ2n) is 12.3. The van der Waals surface area contributed by atoms with E-state index in [1.54, 1.807) is 34.1 Å². The van der Waals surface area contributed by atoms with Crippen LogP contribution < -0.4 is 9.80 Å². The monoisotopic (exact) mass is 714 g/mol. The normalized spacial score (nSPS) is 15.9. The Morgan fingerprint density at radius 3 is 1.24 bits per heavy atom. The molecule has 260 valence electrons. The molecule has 0 atom stereocenters. The molecule has 0 saturated carbocycles. The van der Waals surface area contributed by atoms with Crippen molar-refractivity contribution in [2.24, 2.45) is 0 Å². The number of rotatable bonds is 14. The van der Waals surface area contributed by atoms with Crippen LogP contribution in [0.4, 0.5) is 11.4 Å². The summed E-state index contributed by atoms with van der Waals surface area (Å²) in [5, 5.41) is 0. The van der Waals surface area contributed by atoms with Gasteiger partial charge in [-0.3, -0.25) is 18.0 Å². The van der Waals surface area contributed by atoms with Crippen LogP contribution in [-0.2, 0) is 38.2 Å². The maximum atomic E-state index is 14.1. The summed E-state index contributed by atoms with van der Waals surface area (Å²) >= 11 is 0. The Morgan fingerprint density at radius 1 is 0.500 bits per heavy atom. The van der Waals surface area contributed by atoms with Crippen molar-refractivity contribution in [1.29, 1.82) is 0 Å². The highest BCUT2D eigenvalue weighted by molar-refractivity contribution is 7.87. The van der Waals surface area contributed by atoms with Gasteiger partial charge in [-0.05, 0) is 75.9 Å². The van der Waals surface area contributed by atoms with Crippen molar-refractivity contribution in [2.75, 3.05) is 36.1 Å². The smallest absolute Gasteiger partial charge is 0.296 e. The fourth-order valence-corrected chi connectivity index (χ4v) is 8.00. The fourth-order valence-electron chi connectivity index (χ4n) is 6.11. The lowest BCUT2D eigenvalue weighted by Crippen LogP contribution is -2.30. The molecule has 0 saturated heterocycles.